The van der Waals surface area contributed by atoms with Crippen molar-refractivity contribution in [1.29, 1.82) is 0 Å². The number of benzene rings is 1. The Balaban J connectivity index is 1.72. The number of carbonyl (C=O) groups is 1. The summed E-state index contributed by atoms with van der Waals surface area (Å²) < 4.78 is 5.54. The predicted octanol–water partition coefficient (Wildman–Crippen LogP) is 0.797. The molecule has 1 saturated carbocycles. The average Bonchev–Trinajstić information content (AvgIpc) is 2.91. The number of nitrogens with two attached hydrogens (primary N) is 1. The number of ether oxygens (including phenoxy) is 1. The van der Waals surface area contributed by atoms with Crippen LogP contribution >= 0.6 is 0 Å². The lowest BCUT2D eigenvalue weighted by Crippen LogP contribution is -2.64. The first-order valence-corrected chi connectivity index (χ1v) is 6.80. The van der Waals surface area contributed by atoms with Crippen LogP contribution in [0, 0.1) is 0 Å². The van der Waals surface area contributed by atoms with Gasteiger partial charge in [0, 0.05) is 18.2 Å². The van der Waals surface area contributed by atoms with E-state index in [0.717, 1.165) is 17.5 Å². The van der Waals surface area contributed by atoms with Crippen LogP contribution in [0.4, 0.5) is 0 Å². The minimum Gasteiger partial charge on any atom is -0.376 e. The van der Waals surface area contributed by atoms with Crippen molar-refractivity contribution in [1.82, 2.24) is 15.3 Å². The van der Waals surface area contributed by atoms with E-state index in [4.69, 9.17) is 10.5 Å². The molecule has 1 aliphatic rings. The summed E-state index contributed by atoms with van der Waals surface area (Å²) in [6.45, 7) is 2.57. The van der Waals surface area contributed by atoms with Crippen molar-refractivity contribution in [2.45, 2.75) is 31.5 Å². The molecule has 1 aromatic carbocycles. The van der Waals surface area contributed by atoms with Gasteiger partial charge in [-0.1, -0.05) is 0 Å². The number of hydrogen-bond donors (Lipinski definition) is 3. The third-order valence-corrected chi connectivity index (χ3v) is 3.73. The van der Waals surface area contributed by atoms with Gasteiger partial charge in [-0.15, -0.1) is 0 Å². The summed E-state index contributed by atoms with van der Waals surface area (Å²) >= 11 is 0. The molecule has 106 valence electrons. The Morgan fingerprint density at radius 2 is 2.45 bits per heavy atom. The van der Waals surface area contributed by atoms with Crippen LogP contribution in [0.5, 0.6) is 0 Å². The molecule has 0 spiro atoms. The molecule has 6 heteroatoms. The summed E-state index contributed by atoms with van der Waals surface area (Å²) in [5.41, 5.74) is 8.21. The molecule has 1 aromatic heterocycles. The number of H-pyrrole nitrogens is 1. The van der Waals surface area contributed by atoms with Crippen molar-refractivity contribution < 1.29 is 9.53 Å². The van der Waals surface area contributed by atoms with E-state index in [1.807, 2.05) is 13.0 Å². The van der Waals surface area contributed by atoms with Gasteiger partial charge in [0.05, 0.1) is 29.5 Å². The summed E-state index contributed by atoms with van der Waals surface area (Å²) in [6, 6.07) is 5.23. The zero-order chi connectivity index (χ0) is 14.1. The van der Waals surface area contributed by atoms with Crippen LogP contribution in [0.1, 0.15) is 23.7 Å². The highest BCUT2D eigenvalue weighted by molar-refractivity contribution is 5.97. The maximum Gasteiger partial charge on any atom is 0.251 e. The number of amides is 1. The Hall–Kier alpha value is -1.92. The molecule has 2 aromatic rings. The highest BCUT2D eigenvalue weighted by atomic mass is 16.5. The lowest BCUT2D eigenvalue weighted by molar-refractivity contribution is -0.0300. The van der Waals surface area contributed by atoms with Crippen molar-refractivity contribution >= 4 is 16.9 Å². The highest BCUT2D eigenvalue weighted by Crippen LogP contribution is 2.23. The van der Waals surface area contributed by atoms with Crippen molar-refractivity contribution in [2.75, 3.05) is 6.61 Å². The molecule has 4 N–H and O–H groups in total. The molecule has 0 saturated heterocycles. The Bertz CT molecular complexity index is 622. The van der Waals surface area contributed by atoms with Gasteiger partial charge in [0.15, 0.2) is 0 Å². The molecular formula is C14H18N4O2. The number of imidazole rings is 1. The van der Waals surface area contributed by atoms with Gasteiger partial charge in [-0.05, 0) is 31.5 Å². The number of nitrogens with zero attached hydrogens (tertiary/aromatic N) is 1. The van der Waals surface area contributed by atoms with Crippen molar-refractivity contribution in [2.24, 2.45) is 5.73 Å². The van der Waals surface area contributed by atoms with Crippen LogP contribution in [0.25, 0.3) is 11.0 Å². The summed E-state index contributed by atoms with van der Waals surface area (Å²) in [5, 5.41) is 2.95. The first kappa shape index (κ1) is 13.1. The minimum atomic E-state index is -0.133. The second kappa shape index (κ2) is 5.22. The average molecular weight is 274 g/mol. The van der Waals surface area contributed by atoms with Crippen LogP contribution in [-0.2, 0) is 4.74 Å². The van der Waals surface area contributed by atoms with Gasteiger partial charge in [0.25, 0.3) is 5.91 Å². The predicted molar refractivity (Wildman–Crippen MR) is 75.4 cm³/mol. The lowest BCUT2D eigenvalue weighted by Gasteiger charge is -2.42. The fourth-order valence-electron chi connectivity index (χ4n) is 2.54. The van der Waals surface area contributed by atoms with E-state index >= 15 is 0 Å². The minimum absolute atomic E-state index is 0.0230. The quantitative estimate of drug-likeness (QED) is 0.768. The SMILES string of the molecule is CCOC1CC(N)C1NC(=O)c1ccc2nc[nH]c2c1. The van der Waals surface area contributed by atoms with E-state index in [2.05, 4.69) is 15.3 Å². The van der Waals surface area contributed by atoms with Gasteiger partial charge in [-0.3, -0.25) is 4.79 Å². The van der Waals surface area contributed by atoms with E-state index in [9.17, 15) is 4.79 Å². The van der Waals surface area contributed by atoms with E-state index in [0.29, 0.717) is 12.2 Å². The van der Waals surface area contributed by atoms with Crippen LogP contribution in [-0.4, -0.2) is 40.7 Å². The second-order valence-electron chi connectivity index (χ2n) is 5.03. The van der Waals surface area contributed by atoms with E-state index in [-0.39, 0.29) is 24.1 Å². The largest absolute Gasteiger partial charge is 0.376 e. The molecular weight excluding hydrogens is 256 g/mol. The van der Waals surface area contributed by atoms with E-state index in [1.165, 1.54) is 0 Å². The Kier molecular flexibility index (Phi) is 3.42. The third-order valence-electron chi connectivity index (χ3n) is 3.73. The first-order valence-electron chi connectivity index (χ1n) is 6.80. The Morgan fingerprint density at radius 3 is 3.20 bits per heavy atom. The monoisotopic (exact) mass is 274 g/mol. The van der Waals surface area contributed by atoms with Crippen LogP contribution in [0.15, 0.2) is 24.5 Å². The fraction of sp³-hybridized carbons (Fsp3) is 0.429. The normalized spacial score (nSPS) is 25.4. The molecule has 1 aliphatic carbocycles. The molecule has 1 amide bonds. The topological polar surface area (TPSA) is 93.0 Å². The summed E-state index contributed by atoms with van der Waals surface area (Å²) in [4.78, 5) is 19.4. The molecule has 1 heterocycles. The maximum atomic E-state index is 12.3. The number of nitrogens with one attached hydrogen (secondary N) is 2. The van der Waals surface area contributed by atoms with Crippen molar-refractivity contribution in [3.05, 3.63) is 30.1 Å². The summed E-state index contributed by atoms with van der Waals surface area (Å²) in [6.07, 6.45) is 2.42. The second-order valence-corrected chi connectivity index (χ2v) is 5.03. The van der Waals surface area contributed by atoms with Crippen LogP contribution in [0.2, 0.25) is 0 Å². The van der Waals surface area contributed by atoms with Gasteiger partial charge in [-0.2, -0.15) is 0 Å². The molecule has 3 rings (SSSR count). The van der Waals surface area contributed by atoms with Crippen LogP contribution in [0.3, 0.4) is 0 Å². The summed E-state index contributed by atoms with van der Waals surface area (Å²) in [7, 11) is 0. The highest BCUT2D eigenvalue weighted by Gasteiger charge is 2.40. The van der Waals surface area contributed by atoms with Gasteiger partial charge in [0.1, 0.15) is 0 Å². The zero-order valence-electron chi connectivity index (χ0n) is 11.3. The smallest absolute Gasteiger partial charge is 0.251 e. The molecule has 3 unspecified atom stereocenters. The Morgan fingerprint density at radius 1 is 1.60 bits per heavy atom. The standard InChI is InChI=1S/C14H18N4O2/c1-2-20-12-6-9(15)13(12)18-14(19)8-3-4-10-11(5-8)17-7-16-10/h3-5,7,9,12-13H,2,6,15H2,1H3,(H,16,17)(H,18,19). The Labute approximate surface area is 116 Å². The van der Waals surface area contributed by atoms with Gasteiger partial charge in [0.2, 0.25) is 0 Å². The number of hydrogen-bond acceptors (Lipinski definition) is 4. The molecule has 6 nitrogen and oxygen atoms in total. The molecule has 0 aliphatic heterocycles. The van der Waals surface area contributed by atoms with Gasteiger partial charge >= 0.3 is 0 Å². The molecule has 1 fully saturated rings. The van der Waals surface area contributed by atoms with Crippen molar-refractivity contribution in [3.8, 4) is 0 Å². The molecule has 3 atom stereocenters. The van der Waals surface area contributed by atoms with E-state index < -0.39 is 0 Å². The van der Waals surface area contributed by atoms with E-state index in [1.54, 1.807) is 18.5 Å². The first-order chi connectivity index (χ1) is 9.69. The van der Waals surface area contributed by atoms with Crippen LogP contribution < -0.4 is 11.1 Å². The molecule has 20 heavy (non-hydrogen) atoms. The van der Waals surface area contributed by atoms with Gasteiger partial charge in [-0.25, -0.2) is 4.98 Å². The molecule has 0 radical (unpaired) electrons. The van der Waals surface area contributed by atoms with Gasteiger partial charge < -0.3 is 20.8 Å². The maximum absolute atomic E-state index is 12.3. The number of aromatic amines is 1. The summed E-state index contributed by atoms with van der Waals surface area (Å²) in [5.74, 6) is -0.133. The number of fused-ring (bicyclic) bond motifs is 1. The third kappa shape index (κ3) is 2.28. The lowest BCUT2D eigenvalue weighted by atomic mass is 9.83. The number of carbonyl (C=O) groups excluding carboxylic acids is 1. The van der Waals surface area contributed by atoms with Crippen molar-refractivity contribution in [3.63, 3.8) is 0 Å². The zero-order valence-corrected chi connectivity index (χ0v) is 11.3. The number of rotatable bonds is 4. The fourth-order valence-corrected chi connectivity index (χ4v) is 2.54. The number of aromatic nitrogens is 2. The molecule has 0 bridgehead atoms.